The van der Waals surface area contributed by atoms with Crippen molar-refractivity contribution in [1.29, 1.82) is 0 Å². The number of urea groups is 1. The average molecular weight is 298 g/mol. The first-order valence-electron chi connectivity index (χ1n) is 7.96. The van der Waals surface area contributed by atoms with E-state index in [1.165, 1.54) is 0 Å². The number of carbonyl (C=O) groups is 2. The van der Waals surface area contributed by atoms with Crippen molar-refractivity contribution >= 4 is 12.0 Å². The molecule has 122 valence electrons. The Hall–Kier alpha value is -1.26. The van der Waals surface area contributed by atoms with E-state index in [9.17, 15) is 14.7 Å². The number of piperidine rings is 1. The summed E-state index contributed by atoms with van der Waals surface area (Å²) >= 11 is 0. The van der Waals surface area contributed by atoms with Crippen LogP contribution in [0, 0.1) is 11.3 Å². The summed E-state index contributed by atoms with van der Waals surface area (Å²) in [4.78, 5) is 25.6. The highest BCUT2D eigenvalue weighted by molar-refractivity contribution is 5.76. The first-order chi connectivity index (χ1) is 9.66. The molecule has 1 unspecified atom stereocenters. The minimum Gasteiger partial charge on any atom is -0.481 e. The topological polar surface area (TPSA) is 69.6 Å². The molecule has 0 aliphatic carbocycles. The molecule has 1 fully saturated rings. The van der Waals surface area contributed by atoms with Gasteiger partial charge in [-0.3, -0.25) is 4.79 Å². The van der Waals surface area contributed by atoms with Crippen molar-refractivity contribution in [3.05, 3.63) is 0 Å². The van der Waals surface area contributed by atoms with Gasteiger partial charge in [-0.1, -0.05) is 13.8 Å². The number of amides is 2. The molecule has 1 aliphatic rings. The molecule has 5 heteroatoms. The Morgan fingerprint density at radius 3 is 2.29 bits per heavy atom. The molecule has 0 saturated carbocycles. The van der Waals surface area contributed by atoms with Crippen LogP contribution in [0.25, 0.3) is 0 Å². The Balaban J connectivity index is 2.73. The number of carbonyl (C=O) groups excluding carboxylic acids is 1. The van der Waals surface area contributed by atoms with Crippen molar-refractivity contribution in [2.75, 3.05) is 13.1 Å². The predicted octanol–water partition coefficient (Wildman–Crippen LogP) is 3.10. The molecular weight excluding hydrogens is 268 g/mol. The van der Waals surface area contributed by atoms with Crippen molar-refractivity contribution in [2.24, 2.45) is 11.3 Å². The third kappa shape index (κ3) is 4.11. The summed E-state index contributed by atoms with van der Waals surface area (Å²) in [5.74, 6) is -0.786. The molecule has 0 aromatic heterocycles. The van der Waals surface area contributed by atoms with Gasteiger partial charge in [-0.25, -0.2) is 4.79 Å². The molecule has 0 spiro atoms. The number of hydrogen-bond donors (Lipinski definition) is 2. The van der Waals surface area contributed by atoms with Gasteiger partial charge in [-0.2, -0.15) is 0 Å². The lowest BCUT2D eigenvalue weighted by molar-refractivity contribution is -0.151. The van der Waals surface area contributed by atoms with Gasteiger partial charge in [0.2, 0.25) is 0 Å². The van der Waals surface area contributed by atoms with Crippen LogP contribution >= 0.6 is 0 Å². The SMILES string of the molecule is CCC(C)(CC)NC(=O)N1CCCC(C(C)(C)C(=O)O)C1. The second-order valence-corrected chi connectivity index (χ2v) is 7.01. The molecule has 0 radical (unpaired) electrons. The van der Waals surface area contributed by atoms with E-state index in [1.807, 2.05) is 6.92 Å². The van der Waals surface area contributed by atoms with Gasteiger partial charge in [0.25, 0.3) is 0 Å². The van der Waals surface area contributed by atoms with Crippen LogP contribution in [0.4, 0.5) is 4.79 Å². The highest BCUT2D eigenvalue weighted by atomic mass is 16.4. The van der Waals surface area contributed by atoms with Crippen LogP contribution in [0.15, 0.2) is 0 Å². The summed E-state index contributed by atoms with van der Waals surface area (Å²) in [5, 5.41) is 12.5. The summed E-state index contributed by atoms with van der Waals surface area (Å²) in [6.07, 6.45) is 3.49. The van der Waals surface area contributed by atoms with E-state index >= 15 is 0 Å². The monoisotopic (exact) mass is 298 g/mol. The zero-order valence-electron chi connectivity index (χ0n) is 14.0. The number of nitrogens with zero attached hydrogens (tertiary/aromatic N) is 1. The predicted molar refractivity (Wildman–Crippen MR) is 83.2 cm³/mol. The first-order valence-corrected chi connectivity index (χ1v) is 7.96. The molecule has 1 rings (SSSR count). The van der Waals surface area contributed by atoms with E-state index in [0.717, 1.165) is 25.7 Å². The third-order valence-corrected chi connectivity index (χ3v) is 5.25. The zero-order chi connectivity index (χ0) is 16.3. The van der Waals surface area contributed by atoms with Gasteiger partial charge in [0.1, 0.15) is 0 Å². The second-order valence-electron chi connectivity index (χ2n) is 7.01. The maximum absolute atomic E-state index is 12.4. The largest absolute Gasteiger partial charge is 0.481 e. The standard InChI is InChI=1S/C16H30N2O3/c1-6-16(5,7-2)17-14(21)18-10-8-9-12(11-18)15(3,4)13(19)20/h12H,6-11H2,1-5H3,(H,17,21)(H,19,20). The number of aliphatic carboxylic acids is 1. The summed E-state index contributed by atoms with van der Waals surface area (Å²) in [7, 11) is 0. The van der Waals surface area contributed by atoms with Crippen LogP contribution < -0.4 is 5.32 Å². The Morgan fingerprint density at radius 1 is 1.24 bits per heavy atom. The summed E-state index contributed by atoms with van der Waals surface area (Å²) < 4.78 is 0. The summed E-state index contributed by atoms with van der Waals surface area (Å²) in [6, 6.07) is -0.0629. The molecule has 0 aromatic rings. The van der Waals surface area contributed by atoms with Gasteiger partial charge >= 0.3 is 12.0 Å². The highest BCUT2D eigenvalue weighted by Gasteiger charge is 2.40. The molecule has 2 amide bonds. The van der Waals surface area contributed by atoms with Gasteiger partial charge < -0.3 is 15.3 Å². The minimum absolute atomic E-state index is 0.00371. The molecule has 21 heavy (non-hydrogen) atoms. The molecule has 5 nitrogen and oxygen atoms in total. The van der Waals surface area contributed by atoms with Crippen LogP contribution in [0.1, 0.15) is 60.3 Å². The second kappa shape index (κ2) is 6.67. The van der Waals surface area contributed by atoms with E-state index in [1.54, 1.807) is 18.7 Å². The molecule has 1 heterocycles. The molecular formula is C16H30N2O3. The van der Waals surface area contributed by atoms with Crippen molar-refractivity contribution in [3.63, 3.8) is 0 Å². The molecule has 1 aliphatic heterocycles. The normalized spacial score (nSPS) is 20.2. The summed E-state index contributed by atoms with van der Waals surface area (Å²) in [6.45, 7) is 10.9. The fourth-order valence-electron chi connectivity index (χ4n) is 2.69. The number of hydrogen-bond acceptors (Lipinski definition) is 2. The van der Waals surface area contributed by atoms with Crippen LogP contribution in [-0.4, -0.2) is 40.6 Å². The molecule has 0 aromatic carbocycles. The lowest BCUT2D eigenvalue weighted by Gasteiger charge is -2.40. The van der Waals surface area contributed by atoms with Crippen molar-refractivity contribution in [1.82, 2.24) is 10.2 Å². The molecule has 1 atom stereocenters. The van der Waals surface area contributed by atoms with Gasteiger partial charge in [0.15, 0.2) is 0 Å². The average Bonchev–Trinajstić information content (AvgIpc) is 2.47. The van der Waals surface area contributed by atoms with Crippen LogP contribution in [0.2, 0.25) is 0 Å². The van der Waals surface area contributed by atoms with Crippen molar-refractivity contribution < 1.29 is 14.7 Å². The van der Waals surface area contributed by atoms with Crippen molar-refractivity contribution in [2.45, 2.75) is 65.8 Å². The number of likely N-dealkylation sites (tertiary alicyclic amines) is 1. The Bertz CT molecular complexity index is 389. The molecule has 0 bridgehead atoms. The van der Waals surface area contributed by atoms with Gasteiger partial charge in [-0.15, -0.1) is 0 Å². The lowest BCUT2D eigenvalue weighted by atomic mass is 9.74. The first kappa shape index (κ1) is 17.8. The number of rotatable bonds is 5. The van der Waals surface area contributed by atoms with E-state index in [0.29, 0.717) is 13.1 Å². The third-order valence-electron chi connectivity index (χ3n) is 5.25. The maximum atomic E-state index is 12.4. The van der Waals surface area contributed by atoms with E-state index in [-0.39, 0.29) is 17.5 Å². The minimum atomic E-state index is -0.794. The Labute approximate surface area is 128 Å². The Morgan fingerprint density at radius 2 is 1.81 bits per heavy atom. The molecule has 1 saturated heterocycles. The fraction of sp³-hybridized carbons (Fsp3) is 0.875. The zero-order valence-corrected chi connectivity index (χ0v) is 14.0. The van der Waals surface area contributed by atoms with Crippen LogP contribution in [0.5, 0.6) is 0 Å². The van der Waals surface area contributed by atoms with Crippen LogP contribution in [-0.2, 0) is 4.79 Å². The summed E-state index contributed by atoms with van der Waals surface area (Å²) in [5.41, 5.74) is -0.982. The van der Waals surface area contributed by atoms with E-state index < -0.39 is 11.4 Å². The maximum Gasteiger partial charge on any atom is 0.317 e. The van der Waals surface area contributed by atoms with Gasteiger partial charge in [0, 0.05) is 18.6 Å². The lowest BCUT2D eigenvalue weighted by Crippen LogP contribution is -2.55. The quantitative estimate of drug-likeness (QED) is 0.819. The Kier molecular flexibility index (Phi) is 5.65. The number of nitrogens with one attached hydrogen (secondary N) is 1. The van der Waals surface area contributed by atoms with E-state index in [4.69, 9.17) is 0 Å². The van der Waals surface area contributed by atoms with Gasteiger partial charge in [0.05, 0.1) is 5.41 Å². The smallest absolute Gasteiger partial charge is 0.317 e. The van der Waals surface area contributed by atoms with Crippen molar-refractivity contribution in [3.8, 4) is 0 Å². The van der Waals surface area contributed by atoms with Crippen LogP contribution in [0.3, 0.4) is 0 Å². The fourth-order valence-corrected chi connectivity index (χ4v) is 2.69. The van der Waals surface area contributed by atoms with E-state index in [2.05, 4.69) is 19.2 Å². The number of carboxylic acids is 1. The van der Waals surface area contributed by atoms with Gasteiger partial charge in [-0.05, 0) is 52.4 Å². The molecule has 2 N–H and O–H groups in total. The highest BCUT2D eigenvalue weighted by Crippen LogP contribution is 2.34. The number of carboxylic acid groups (broad SMARTS) is 1.